The fourth-order valence-corrected chi connectivity index (χ4v) is 2.24. The fraction of sp³-hybridized carbons (Fsp3) is 0.375. The summed E-state index contributed by atoms with van der Waals surface area (Å²) in [5.74, 6) is 0.432. The van der Waals surface area contributed by atoms with Gasteiger partial charge >= 0.3 is 0 Å². The van der Waals surface area contributed by atoms with Crippen LogP contribution >= 0.6 is 0 Å². The Labute approximate surface area is 119 Å². The number of aromatic nitrogens is 2. The molecule has 1 aromatic heterocycles. The average molecular weight is 273 g/mol. The zero-order valence-corrected chi connectivity index (χ0v) is 12.4. The van der Waals surface area contributed by atoms with Gasteiger partial charge in [-0.3, -0.25) is 0 Å². The maximum atomic E-state index is 13.2. The second-order valence-electron chi connectivity index (χ2n) is 4.94. The van der Waals surface area contributed by atoms with E-state index in [1.165, 1.54) is 12.1 Å². The maximum Gasteiger partial charge on any atom is 0.159 e. The standard InChI is InChI=1S/C16H20FN3/c1-5-18-9-15-11(3)19-16(20-12(15)4)14-7-6-13(17)8-10(14)2/h6-8,18H,5,9H2,1-4H3. The number of rotatable bonds is 4. The highest BCUT2D eigenvalue weighted by Gasteiger charge is 2.11. The quantitative estimate of drug-likeness (QED) is 0.928. The Morgan fingerprint density at radius 1 is 1.10 bits per heavy atom. The minimum absolute atomic E-state index is 0.233. The number of hydrogen-bond acceptors (Lipinski definition) is 3. The van der Waals surface area contributed by atoms with Gasteiger partial charge < -0.3 is 5.32 Å². The van der Waals surface area contributed by atoms with E-state index >= 15 is 0 Å². The fourth-order valence-electron chi connectivity index (χ4n) is 2.24. The van der Waals surface area contributed by atoms with Crippen LogP contribution in [0.4, 0.5) is 4.39 Å². The van der Waals surface area contributed by atoms with Gasteiger partial charge in [0.2, 0.25) is 0 Å². The van der Waals surface area contributed by atoms with E-state index in [0.29, 0.717) is 5.82 Å². The third-order valence-corrected chi connectivity index (χ3v) is 3.40. The zero-order chi connectivity index (χ0) is 14.7. The van der Waals surface area contributed by atoms with Gasteiger partial charge in [-0.15, -0.1) is 0 Å². The normalized spacial score (nSPS) is 10.8. The Kier molecular flexibility index (Phi) is 4.45. The molecule has 106 valence electrons. The molecule has 0 spiro atoms. The lowest BCUT2D eigenvalue weighted by Crippen LogP contribution is -2.15. The van der Waals surface area contributed by atoms with Gasteiger partial charge in [0.1, 0.15) is 5.82 Å². The van der Waals surface area contributed by atoms with Crippen LogP contribution in [-0.2, 0) is 6.54 Å². The van der Waals surface area contributed by atoms with Crippen LogP contribution < -0.4 is 5.32 Å². The Balaban J connectivity index is 2.44. The van der Waals surface area contributed by atoms with Crippen LogP contribution in [0.25, 0.3) is 11.4 Å². The van der Waals surface area contributed by atoms with E-state index in [-0.39, 0.29) is 5.82 Å². The van der Waals surface area contributed by atoms with Crippen molar-refractivity contribution in [2.45, 2.75) is 34.2 Å². The van der Waals surface area contributed by atoms with Crippen molar-refractivity contribution in [3.05, 3.63) is 46.5 Å². The van der Waals surface area contributed by atoms with Crippen molar-refractivity contribution in [2.75, 3.05) is 6.54 Å². The van der Waals surface area contributed by atoms with Gasteiger partial charge in [0.05, 0.1) is 0 Å². The van der Waals surface area contributed by atoms with Gasteiger partial charge in [-0.25, -0.2) is 14.4 Å². The molecule has 0 aliphatic heterocycles. The highest BCUT2D eigenvalue weighted by molar-refractivity contribution is 5.60. The number of benzene rings is 1. The van der Waals surface area contributed by atoms with Gasteiger partial charge in [0.15, 0.2) is 5.82 Å². The topological polar surface area (TPSA) is 37.8 Å². The first-order valence-electron chi connectivity index (χ1n) is 6.84. The molecular weight excluding hydrogens is 253 g/mol. The first-order valence-corrected chi connectivity index (χ1v) is 6.84. The molecule has 1 heterocycles. The minimum atomic E-state index is -0.233. The van der Waals surface area contributed by atoms with Crippen molar-refractivity contribution < 1.29 is 4.39 Å². The molecule has 0 aliphatic rings. The Bertz CT molecular complexity index is 600. The van der Waals surface area contributed by atoms with E-state index < -0.39 is 0 Å². The molecule has 0 unspecified atom stereocenters. The molecule has 2 aromatic rings. The van der Waals surface area contributed by atoms with Crippen LogP contribution in [0.15, 0.2) is 18.2 Å². The van der Waals surface area contributed by atoms with Crippen LogP contribution in [0.1, 0.15) is 29.4 Å². The third-order valence-electron chi connectivity index (χ3n) is 3.40. The molecule has 4 heteroatoms. The summed E-state index contributed by atoms with van der Waals surface area (Å²) in [5.41, 5.74) is 4.81. The van der Waals surface area contributed by atoms with Crippen LogP contribution in [-0.4, -0.2) is 16.5 Å². The first kappa shape index (κ1) is 14.6. The number of aryl methyl sites for hydroxylation is 3. The molecule has 20 heavy (non-hydrogen) atoms. The molecule has 0 fully saturated rings. The van der Waals surface area contributed by atoms with E-state index in [9.17, 15) is 4.39 Å². The molecule has 0 amide bonds. The summed E-state index contributed by atoms with van der Waals surface area (Å²) in [6.07, 6.45) is 0. The predicted molar refractivity (Wildman–Crippen MR) is 79.0 cm³/mol. The number of halogens is 1. The minimum Gasteiger partial charge on any atom is -0.313 e. The maximum absolute atomic E-state index is 13.2. The average Bonchev–Trinajstić information content (AvgIpc) is 2.37. The van der Waals surface area contributed by atoms with Gasteiger partial charge in [0, 0.05) is 29.1 Å². The highest BCUT2D eigenvalue weighted by Crippen LogP contribution is 2.22. The number of hydrogen-bond donors (Lipinski definition) is 1. The van der Waals surface area contributed by atoms with Gasteiger partial charge in [-0.2, -0.15) is 0 Å². The summed E-state index contributed by atoms with van der Waals surface area (Å²) in [6, 6.07) is 4.70. The summed E-state index contributed by atoms with van der Waals surface area (Å²) >= 11 is 0. The smallest absolute Gasteiger partial charge is 0.159 e. The Hall–Kier alpha value is -1.81. The number of nitrogens with zero attached hydrogens (tertiary/aromatic N) is 2. The van der Waals surface area contributed by atoms with Crippen molar-refractivity contribution in [1.82, 2.24) is 15.3 Å². The molecule has 1 aromatic carbocycles. The van der Waals surface area contributed by atoms with Gasteiger partial charge in [0.25, 0.3) is 0 Å². The second kappa shape index (κ2) is 6.09. The molecule has 2 rings (SSSR count). The van der Waals surface area contributed by atoms with Crippen LogP contribution in [0.2, 0.25) is 0 Å². The van der Waals surface area contributed by atoms with E-state index in [4.69, 9.17) is 0 Å². The van der Waals surface area contributed by atoms with E-state index in [1.54, 1.807) is 6.07 Å². The van der Waals surface area contributed by atoms with E-state index in [1.807, 2.05) is 20.8 Å². The van der Waals surface area contributed by atoms with Crippen molar-refractivity contribution in [3.8, 4) is 11.4 Å². The van der Waals surface area contributed by atoms with Crippen LogP contribution in [0.3, 0.4) is 0 Å². The second-order valence-corrected chi connectivity index (χ2v) is 4.94. The molecule has 0 bridgehead atoms. The highest BCUT2D eigenvalue weighted by atomic mass is 19.1. The summed E-state index contributed by atoms with van der Waals surface area (Å²) < 4.78 is 13.2. The Morgan fingerprint density at radius 3 is 2.30 bits per heavy atom. The molecule has 0 aliphatic carbocycles. The zero-order valence-electron chi connectivity index (χ0n) is 12.4. The third kappa shape index (κ3) is 3.02. The SMILES string of the molecule is CCNCc1c(C)nc(-c2ccc(F)cc2C)nc1C. The molecule has 0 saturated heterocycles. The van der Waals surface area contributed by atoms with Crippen LogP contribution in [0, 0.1) is 26.6 Å². The molecule has 1 N–H and O–H groups in total. The lowest BCUT2D eigenvalue weighted by atomic mass is 10.1. The summed E-state index contributed by atoms with van der Waals surface area (Å²) in [5, 5.41) is 3.29. The molecule has 0 saturated carbocycles. The summed E-state index contributed by atoms with van der Waals surface area (Å²) in [7, 11) is 0. The first-order chi connectivity index (χ1) is 9.52. The van der Waals surface area contributed by atoms with Crippen molar-refractivity contribution >= 4 is 0 Å². The molecular formula is C16H20FN3. The summed E-state index contributed by atoms with van der Waals surface area (Å²) in [4.78, 5) is 9.15. The van der Waals surface area contributed by atoms with Crippen LogP contribution in [0.5, 0.6) is 0 Å². The lowest BCUT2D eigenvalue weighted by Gasteiger charge is -2.12. The van der Waals surface area contributed by atoms with E-state index in [0.717, 1.165) is 41.2 Å². The molecule has 0 radical (unpaired) electrons. The molecule has 3 nitrogen and oxygen atoms in total. The van der Waals surface area contributed by atoms with Gasteiger partial charge in [-0.05, 0) is 51.1 Å². The van der Waals surface area contributed by atoms with Crippen molar-refractivity contribution in [2.24, 2.45) is 0 Å². The Morgan fingerprint density at radius 2 is 1.75 bits per heavy atom. The number of nitrogens with one attached hydrogen (secondary N) is 1. The largest absolute Gasteiger partial charge is 0.313 e. The lowest BCUT2D eigenvalue weighted by molar-refractivity contribution is 0.627. The van der Waals surface area contributed by atoms with Crippen molar-refractivity contribution in [3.63, 3.8) is 0 Å². The van der Waals surface area contributed by atoms with Gasteiger partial charge in [-0.1, -0.05) is 6.92 Å². The van der Waals surface area contributed by atoms with E-state index in [2.05, 4.69) is 22.2 Å². The predicted octanol–water partition coefficient (Wildman–Crippen LogP) is 3.32. The molecule has 0 atom stereocenters. The summed E-state index contributed by atoms with van der Waals surface area (Å²) in [6.45, 7) is 9.61. The van der Waals surface area contributed by atoms with Crippen molar-refractivity contribution in [1.29, 1.82) is 0 Å². The monoisotopic (exact) mass is 273 g/mol.